The van der Waals surface area contributed by atoms with Crippen molar-refractivity contribution >= 4 is 5.97 Å². The van der Waals surface area contributed by atoms with Gasteiger partial charge in [-0.05, 0) is 32.4 Å². The third-order valence-electron chi connectivity index (χ3n) is 2.12. The summed E-state index contributed by atoms with van der Waals surface area (Å²) in [6, 6.07) is 0.723. The Morgan fingerprint density at radius 2 is 1.68 bits per heavy atom. The minimum atomic E-state index is -0.833. The predicted octanol–water partition coefficient (Wildman–Crippen LogP) is 3.29. The first-order chi connectivity index (χ1) is 10.2. The van der Waals surface area contributed by atoms with E-state index in [4.69, 9.17) is 15.0 Å². The number of nitrogens with one attached hydrogen (secondary N) is 2. The molecular weight excluding hydrogens is 280 g/mol. The molecule has 0 bridgehead atoms. The number of carboxylic acids is 1. The fraction of sp³-hybridized carbons (Fsp3) is 0.824. The molecule has 0 aromatic rings. The Morgan fingerprint density at radius 1 is 1.23 bits per heavy atom. The number of carboxylic acid groups (broad SMARTS) is 1. The van der Waals surface area contributed by atoms with Crippen molar-refractivity contribution in [1.82, 2.24) is 10.6 Å². The van der Waals surface area contributed by atoms with Crippen molar-refractivity contribution in [3.63, 3.8) is 0 Å². The summed E-state index contributed by atoms with van der Waals surface area (Å²) in [6.45, 7) is 18.3. The summed E-state index contributed by atoms with van der Waals surface area (Å²) < 4.78 is 0. The topological polar surface area (TPSA) is 81.6 Å². The molecule has 138 valence electrons. The lowest BCUT2D eigenvalue weighted by Crippen LogP contribution is -2.28. The summed E-state index contributed by atoms with van der Waals surface area (Å²) in [5.41, 5.74) is 0. The van der Waals surface area contributed by atoms with Gasteiger partial charge in [0.15, 0.2) is 0 Å². The largest absolute Gasteiger partial charge is 0.481 e. The first kappa shape index (κ1) is 32.9. The maximum Gasteiger partial charge on any atom is 0.300 e. The second-order valence-corrected chi connectivity index (χ2v) is 3.57. The molecule has 4 N–H and O–H groups in total. The van der Waals surface area contributed by atoms with Crippen LogP contribution in [0.4, 0.5) is 0 Å². The summed E-state index contributed by atoms with van der Waals surface area (Å²) >= 11 is 0. The Bertz CT molecular complexity index is 169. The van der Waals surface area contributed by atoms with Crippen molar-refractivity contribution in [3.8, 4) is 0 Å². The standard InChI is InChI=1S/C8H18N2O.C2H4O2.2C2H6.C2H4.CH4/c11-7-6-9-5-3-8-2-1-4-10-8;1-2(3)4;3*1-2;/h8-11H,1-7H2;1H3,(H,3,4);2*1-2H3;1-2H2;1H4. The van der Waals surface area contributed by atoms with E-state index in [1.165, 1.54) is 25.8 Å². The lowest BCUT2D eigenvalue weighted by atomic mass is 10.1. The number of hydrogen-bond acceptors (Lipinski definition) is 4. The van der Waals surface area contributed by atoms with Gasteiger partial charge in [-0.15, -0.1) is 13.2 Å². The molecule has 1 fully saturated rings. The molecule has 1 rings (SSSR count). The highest BCUT2D eigenvalue weighted by molar-refractivity contribution is 5.62. The van der Waals surface area contributed by atoms with Gasteiger partial charge in [0.1, 0.15) is 0 Å². The normalized spacial score (nSPS) is 14.0. The molecule has 1 aliphatic heterocycles. The lowest BCUT2D eigenvalue weighted by molar-refractivity contribution is -0.134. The van der Waals surface area contributed by atoms with E-state index in [1.54, 1.807) is 0 Å². The quantitative estimate of drug-likeness (QED) is 0.461. The summed E-state index contributed by atoms with van der Waals surface area (Å²) in [5, 5.41) is 22.5. The third-order valence-corrected chi connectivity index (χ3v) is 2.12. The van der Waals surface area contributed by atoms with Crippen LogP contribution < -0.4 is 10.6 Å². The molecule has 0 amide bonds. The number of carbonyl (C=O) groups is 1. The van der Waals surface area contributed by atoms with Crippen LogP contribution in [0.2, 0.25) is 0 Å². The first-order valence-electron chi connectivity index (χ1n) is 7.91. The molecule has 0 aliphatic carbocycles. The molecule has 22 heavy (non-hydrogen) atoms. The van der Waals surface area contributed by atoms with Gasteiger partial charge < -0.3 is 20.8 Å². The zero-order valence-electron chi connectivity index (χ0n) is 14.7. The van der Waals surface area contributed by atoms with Gasteiger partial charge >= 0.3 is 0 Å². The zero-order valence-corrected chi connectivity index (χ0v) is 14.7. The second-order valence-electron chi connectivity index (χ2n) is 3.57. The van der Waals surface area contributed by atoms with E-state index in [-0.39, 0.29) is 14.0 Å². The molecule has 0 aromatic carbocycles. The molecule has 1 heterocycles. The van der Waals surface area contributed by atoms with E-state index in [0.717, 1.165) is 26.1 Å². The highest BCUT2D eigenvalue weighted by Crippen LogP contribution is 2.07. The molecule has 1 aliphatic rings. The molecule has 0 radical (unpaired) electrons. The van der Waals surface area contributed by atoms with Crippen molar-refractivity contribution in [2.24, 2.45) is 0 Å². The number of hydrogen-bond donors (Lipinski definition) is 4. The lowest BCUT2D eigenvalue weighted by Gasteiger charge is -2.09. The van der Waals surface area contributed by atoms with Crippen LogP contribution in [0, 0.1) is 0 Å². The molecular formula is C17H42N2O3. The fourth-order valence-corrected chi connectivity index (χ4v) is 1.48. The van der Waals surface area contributed by atoms with Gasteiger partial charge in [-0.1, -0.05) is 35.1 Å². The summed E-state index contributed by atoms with van der Waals surface area (Å²) in [4.78, 5) is 9.00. The maximum atomic E-state index is 9.00. The monoisotopic (exact) mass is 322 g/mol. The Kier molecular flexibility index (Phi) is 55.1. The predicted molar refractivity (Wildman–Crippen MR) is 99.6 cm³/mol. The fourth-order valence-electron chi connectivity index (χ4n) is 1.48. The summed E-state index contributed by atoms with van der Waals surface area (Å²) in [5.74, 6) is -0.833. The molecule has 5 nitrogen and oxygen atoms in total. The highest BCUT2D eigenvalue weighted by Gasteiger charge is 2.12. The smallest absolute Gasteiger partial charge is 0.300 e. The van der Waals surface area contributed by atoms with Crippen LogP contribution in [-0.4, -0.2) is 48.5 Å². The molecule has 0 saturated carbocycles. The van der Waals surface area contributed by atoms with E-state index in [2.05, 4.69) is 23.8 Å². The van der Waals surface area contributed by atoms with Crippen LogP contribution in [0.5, 0.6) is 0 Å². The van der Waals surface area contributed by atoms with Crippen LogP contribution in [-0.2, 0) is 4.79 Å². The Labute approximate surface area is 139 Å². The van der Waals surface area contributed by atoms with Gasteiger partial charge in [0.05, 0.1) is 6.61 Å². The van der Waals surface area contributed by atoms with Crippen LogP contribution in [0.3, 0.4) is 0 Å². The van der Waals surface area contributed by atoms with Gasteiger partial charge in [0, 0.05) is 19.5 Å². The summed E-state index contributed by atoms with van der Waals surface area (Å²) in [6.07, 6.45) is 3.84. The molecule has 0 aromatic heterocycles. The SMILES string of the molecule is C.C=C.CC.CC.CC(=O)O.OCCNCCC1CCCN1. The van der Waals surface area contributed by atoms with Gasteiger partial charge in [-0.25, -0.2) is 0 Å². The van der Waals surface area contributed by atoms with Crippen molar-refractivity contribution in [1.29, 1.82) is 0 Å². The molecule has 1 unspecified atom stereocenters. The molecule has 5 heteroatoms. The molecule has 0 spiro atoms. The maximum absolute atomic E-state index is 9.00. The van der Waals surface area contributed by atoms with E-state index in [9.17, 15) is 0 Å². The van der Waals surface area contributed by atoms with Gasteiger partial charge in [-0.2, -0.15) is 0 Å². The Morgan fingerprint density at radius 3 is 2.00 bits per heavy atom. The van der Waals surface area contributed by atoms with Gasteiger partial charge in [0.25, 0.3) is 5.97 Å². The minimum absolute atomic E-state index is 0. The number of aliphatic carboxylic acids is 1. The van der Waals surface area contributed by atoms with Crippen LogP contribution in [0.25, 0.3) is 0 Å². The third kappa shape index (κ3) is 42.7. The first-order valence-corrected chi connectivity index (χ1v) is 7.91. The summed E-state index contributed by atoms with van der Waals surface area (Å²) in [7, 11) is 0. The average molecular weight is 323 g/mol. The molecule has 1 saturated heterocycles. The van der Waals surface area contributed by atoms with Gasteiger partial charge in [0.2, 0.25) is 0 Å². The molecule has 1 atom stereocenters. The van der Waals surface area contributed by atoms with E-state index in [1.807, 2.05) is 27.7 Å². The average Bonchev–Trinajstić information content (AvgIpc) is 3.03. The van der Waals surface area contributed by atoms with Crippen molar-refractivity contribution in [3.05, 3.63) is 13.2 Å². The van der Waals surface area contributed by atoms with E-state index >= 15 is 0 Å². The minimum Gasteiger partial charge on any atom is -0.481 e. The van der Waals surface area contributed by atoms with E-state index < -0.39 is 5.97 Å². The van der Waals surface area contributed by atoms with Crippen LogP contribution in [0.15, 0.2) is 13.2 Å². The van der Waals surface area contributed by atoms with Crippen LogP contribution in [0.1, 0.15) is 61.3 Å². The number of aliphatic hydroxyl groups excluding tert-OH is 1. The Balaban J connectivity index is -0.0000000746. The van der Waals surface area contributed by atoms with Gasteiger partial charge in [-0.3, -0.25) is 4.79 Å². The second kappa shape index (κ2) is 36.9. The van der Waals surface area contributed by atoms with Crippen molar-refractivity contribution < 1.29 is 15.0 Å². The van der Waals surface area contributed by atoms with Crippen molar-refractivity contribution in [2.45, 2.75) is 67.3 Å². The van der Waals surface area contributed by atoms with Crippen LogP contribution >= 0.6 is 0 Å². The zero-order chi connectivity index (χ0) is 17.5. The number of rotatable bonds is 5. The number of aliphatic hydroxyl groups is 1. The van der Waals surface area contributed by atoms with E-state index in [0.29, 0.717) is 0 Å². The van der Waals surface area contributed by atoms with Crippen molar-refractivity contribution in [2.75, 3.05) is 26.2 Å². The Hall–Kier alpha value is -0.910. The highest BCUT2D eigenvalue weighted by atomic mass is 16.4.